The van der Waals surface area contributed by atoms with E-state index in [0.29, 0.717) is 6.42 Å². The monoisotopic (exact) mass is 283 g/mol. The summed E-state index contributed by atoms with van der Waals surface area (Å²) in [6.45, 7) is 5.90. The molecule has 2 atom stereocenters. The zero-order valence-electron chi connectivity index (χ0n) is 11.5. The summed E-state index contributed by atoms with van der Waals surface area (Å²) in [5.41, 5.74) is -0.154. The number of nitrogens with one attached hydrogen (secondary N) is 1. The molecule has 1 aliphatic rings. The van der Waals surface area contributed by atoms with E-state index < -0.39 is 24.3 Å². The van der Waals surface area contributed by atoms with Gasteiger partial charge in [-0.3, -0.25) is 4.79 Å². The van der Waals surface area contributed by atoms with Crippen molar-refractivity contribution in [3.05, 3.63) is 0 Å². The summed E-state index contributed by atoms with van der Waals surface area (Å²) >= 11 is 0. The van der Waals surface area contributed by atoms with E-state index in [1.165, 1.54) is 0 Å². The minimum atomic E-state index is -4.61. The molecule has 2 unspecified atom stereocenters. The van der Waals surface area contributed by atoms with Gasteiger partial charge < -0.3 is 5.32 Å². The molecule has 0 aliphatic heterocycles. The lowest BCUT2D eigenvalue weighted by Crippen LogP contribution is -2.53. The Hall–Kier alpha value is -0.810. The fourth-order valence-electron chi connectivity index (χ4n) is 2.70. The summed E-state index contributed by atoms with van der Waals surface area (Å²) < 4.78 is 50.2. The summed E-state index contributed by atoms with van der Waals surface area (Å²) in [7, 11) is 0. The molecule has 1 fully saturated rings. The van der Waals surface area contributed by atoms with Gasteiger partial charge in [0.15, 0.2) is 0 Å². The number of hydrogen-bond acceptors (Lipinski definition) is 1. The largest absolute Gasteiger partial charge is 0.383 e. The van der Waals surface area contributed by atoms with E-state index in [1.807, 2.05) is 20.8 Å². The Bertz CT molecular complexity index is 325. The van der Waals surface area contributed by atoms with E-state index >= 15 is 0 Å². The summed E-state index contributed by atoms with van der Waals surface area (Å²) in [6.07, 6.45) is -0.803. The topological polar surface area (TPSA) is 29.1 Å². The zero-order chi connectivity index (χ0) is 14.8. The van der Waals surface area contributed by atoms with Crippen LogP contribution >= 0.6 is 0 Å². The van der Waals surface area contributed by atoms with Gasteiger partial charge >= 0.3 is 12.3 Å². The Morgan fingerprint density at radius 2 is 1.68 bits per heavy atom. The second-order valence-corrected chi connectivity index (χ2v) is 6.26. The highest BCUT2D eigenvalue weighted by Gasteiger charge is 2.50. The third-order valence-corrected chi connectivity index (χ3v) is 3.77. The number of alkyl halides is 4. The molecule has 0 heterocycles. The zero-order valence-corrected chi connectivity index (χ0v) is 11.5. The summed E-state index contributed by atoms with van der Waals surface area (Å²) in [4.78, 5) is 11.3. The molecule has 0 bridgehead atoms. The summed E-state index contributed by atoms with van der Waals surface area (Å²) in [6, 6.07) is -0.453. The number of carbonyl (C=O) groups is 1. The van der Waals surface area contributed by atoms with Crippen LogP contribution in [0.1, 0.15) is 46.5 Å². The average Bonchev–Trinajstić information content (AvgIpc) is 2.27. The van der Waals surface area contributed by atoms with Gasteiger partial charge in [0.05, 0.1) is 0 Å². The number of rotatable bonds is 3. The normalized spacial score (nSPS) is 25.5. The molecule has 1 aliphatic carbocycles. The van der Waals surface area contributed by atoms with Crippen LogP contribution in [0.3, 0.4) is 0 Å². The smallest absolute Gasteiger partial charge is 0.348 e. The van der Waals surface area contributed by atoms with Gasteiger partial charge in [0.1, 0.15) is 0 Å². The van der Waals surface area contributed by atoms with Crippen molar-refractivity contribution in [2.75, 3.05) is 0 Å². The molecule has 6 heteroatoms. The summed E-state index contributed by atoms with van der Waals surface area (Å²) in [5.74, 6) is -6.44. The van der Waals surface area contributed by atoms with Crippen LogP contribution in [0.2, 0.25) is 0 Å². The van der Waals surface area contributed by atoms with Crippen LogP contribution in [0.4, 0.5) is 17.6 Å². The predicted octanol–water partition coefficient (Wildman–Crippen LogP) is 3.61. The van der Waals surface area contributed by atoms with E-state index in [0.717, 1.165) is 19.3 Å². The lowest BCUT2D eigenvalue weighted by Gasteiger charge is -2.41. The highest BCUT2D eigenvalue weighted by Crippen LogP contribution is 2.38. The lowest BCUT2D eigenvalue weighted by molar-refractivity contribution is -0.171. The highest BCUT2D eigenvalue weighted by molar-refractivity contribution is 5.84. The Morgan fingerprint density at radius 1 is 1.16 bits per heavy atom. The molecule has 0 radical (unpaired) electrons. The first-order valence-electron chi connectivity index (χ1n) is 6.53. The van der Waals surface area contributed by atoms with Crippen LogP contribution in [0.25, 0.3) is 0 Å². The van der Waals surface area contributed by atoms with Crippen LogP contribution in [-0.4, -0.2) is 24.3 Å². The molecule has 0 aromatic carbocycles. The van der Waals surface area contributed by atoms with Gasteiger partial charge in [-0.1, -0.05) is 33.6 Å². The van der Waals surface area contributed by atoms with E-state index in [2.05, 4.69) is 5.32 Å². The SMILES string of the molecule is CC(C)(C)C1CCCCC1NC(=O)C(F)(F)C(F)F. The second kappa shape index (κ2) is 5.67. The molecular weight excluding hydrogens is 262 g/mol. The molecule has 1 saturated carbocycles. The van der Waals surface area contributed by atoms with E-state index in [-0.39, 0.29) is 11.3 Å². The fraction of sp³-hybridized carbons (Fsp3) is 0.923. The van der Waals surface area contributed by atoms with Gasteiger partial charge in [-0.25, -0.2) is 8.78 Å². The van der Waals surface area contributed by atoms with Crippen molar-refractivity contribution in [3.63, 3.8) is 0 Å². The Labute approximate surface area is 110 Å². The molecule has 0 aromatic rings. The minimum Gasteiger partial charge on any atom is -0.348 e. The minimum absolute atomic E-state index is 0.0265. The highest BCUT2D eigenvalue weighted by atomic mass is 19.3. The van der Waals surface area contributed by atoms with Crippen LogP contribution in [0.5, 0.6) is 0 Å². The van der Waals surface area contributed by atoms with Crippen molar-refractivity contribution in [2.24, 2.45) is 11.3 Å². The molecule has 0 saturated heterocycles. The van der Waals surface area contributed by atoms with E-state index in [4.69, 9.17) is 0 Å². The molecule has 2 nitrogen and oxygen atoms in total. The lowest BCUT2D eigenvalue weighted by atomic mass is 9.69. The quantitative estimate of drug-likeness (QED) is 0.788. The third-order valence-electron chi connectivity index (χ3n) is 3.77. The van der Waals surface area contributed by atoms with Crippen LogP contribution in [0, 0.1) is 11.3 Å². The van der Waals surface area contributed by atoms with Gasteiger partial charge in [-0.05, 0) is 24.2 Å². The van der Waals surface area contributed by atoms with Gasteiger partial charge in [-0.15, -0.1) is 0 Å². The maximum absolute atomic E-state index is 13.0. The molecule has 1 rings (SSSR count). The van der Waals surface area contributed by atoms with Crippen LogP contribution < -0.4 is 5.32 Å². The standard InChI is InChI=1S/C13H21F4NO/c1-12(2,3)8-6-4-5-7-9(8)18-11(19)13(16,17)10(14)15/h8-10H,4-7H2,1-3H3,(H,18,19). The van der Waals surface area contributed by atoms with Gasteiger partial charge in [0, 0.05) is 6.04 Å². The first-order valence-corrected chi connectivity index (χ1v) is 6.53. The number of hydrogen-bond donors (Lipinski definition) is 1. The van der Waals surface area contributed by atoms with Crippen molar-refractivity contribution in [3.8, 4) is 0 Å². The van der Waals surface area contributed by atoms with Crippen molar-refractivity contribution in [2.45, 2.75) is 64.8 Å². The molecule has 1 N–H and O–H groups in total. The molecular formula is C13H21F4NO. The molecule has 0 aromatic heterocycles. The number of carbonyl (C=O) groups excluding carboxylic acids is 1. The predicted molar refractivity (Wildman–Crippen MR) is 64.3 cm³/mol. The molecule has 19 heavy (non-hydrogen) atoms. The number of halogens is 4. The van der Waals surface area contributed by atoms with Crippen molar-refractivity contribution < 1.29 is 22.4 Å². The average molecular weight is 283 g/mol. The first-order chi connectivity index (χ1) is 8.56. The second-order valence-electron chi connectivity index (χ2n) is 6.26. The van der Waals surface area contributed by atoms with Crippen LogP contribution in [-0.2, 0) is 4.79 Å². The van der Waals surface area contributed by atoms with Gasteiger partial charge in [0.25, 0.3) is 5.91 Å². The Balaban J connectivity index is 2.76. The van der Waals surface area contributed by atoms with E-state index in [9.17, 15) is 22.4 Å². The van der Waals surface area contributed by atoms with Crippen molar-refractivity contribution in [1.29, 1.82) is 0 Å². The number of amides is 1. The van der Waals surface area contributed by atoms with E-state index in [1.54, 1.807) is 0 Å². The fourth-order valence-corrected chi connectivity index (χ4v) is 2.70. The summed E-state index contributed by atoms with van der Waals surface area (Å²) in [5, 5.41) is 2.13. The van der Waals surface area contributed by atoms with Crippen molar-refractivity contribution >= 4 is 5.91 Å². The third kappa shape index (κ3) is 3.83. The maximum atomic E-state index is 13.0. The van der Waals surface area contributed by atoms with Crippen LogP contribution in [0.15, 0.2) is 0 Å². The maximum Gasteiger partial charge on any atom is 0.383 e. The molecule has 0 spiro atoms. The van der Waals surface area contributed by atoms with Gasteiger partial charge in [0.2, 0.25) is 0 Å². The Kier molecular flexibility index (Phi) is 4.85. The molecule has 1 amide bonds. The molecule has 112 valence electrons. The van der Waals surface area contributed by atoms with Gasteiger partial charge in [-0.2, -0.15) is 8.78 Å². The first kappa shape index (κ1) is 16.2. The van der Waals surface area contributed by atoms with Crippen molar-refractivity contribution in [1.82, 2.24) is 5.32 Å². The Morgan fingerprint density at radius 3 is 2.16 bits per heavy atom.